The number of fused-ring (bicyclic) bond motifs is 1. The highest BCUT2D eigenvalue weighted by Gasteiger charge is 2.26. The van der Waals surface area contributed by atoms with E-state index in [4.69, 9.17) is 21.1 Å². The Morgan fingerprint density at radius 1 is 1.33 bits per heavy atom. The normalized spacial score (nSPS) is 16.0. The molecule has 0 fully saturated rings. The Balaban J connectivity index is 1.84. The first-order chi connectivity index (χ1) is 11.6. The number of halogens is 1. The molecule has 2 aromatic carbocycles. The van der Waals surface area contributed by atoms with Crippen LogP contribution in [0.5, 0.6) is 17.2 Å². The Morgan fingerprint density at radius 3 is 2.79 bits per heavy atom. The van der Waals surface area contributed by atoms with Gasteiger partial charge < -0.3 is 9.47 Å². The summed E-state index contributed by atoms with van der Waals surface area (Å²) in [6.07, 6.45) is 2.64. The van der Waals surface area contributed by atoms with E-state index in [1.165, 1.54) is 6.08 Å². The lowest BCUT2D eigenvalue weighted by Crippen LogP contribution is -2.24. The molecule has 0 aliphatic carbocycles. The molecule has 1 heterocycles. The zero-order chi connectivity index (χ0) is 17.1. The number of rotatable bonds is 5. The third-order valence-corrected chi connectivity index (χ3v) is 4.43. The molecule has 3 nitrogen and oxygen atoms in total. The number of allylic oxidation sites excluding steroid dienone is 1. The van der Waals surface area contributed by atoms with Crippen molar-refractivity contribution in [2.75, 3.05) is 6.61 Å². The SMILES string of the molecule is C=CC(=O)CC1COc2c(Oc3ccc(Cl)cc3)ccc(C)c2C1. The molecule has 0 amide bonds. The first kappa shape index (κ1) is 16.6. The zero-order valence-electron chi connectivity index (χ0n) is 13.5. The molecule has 0 bridgehead atoms. The van der Waals surface area contributed by atoms with Crippen molar-refractivity contribution < 1.29 is 14.3 Å². The second-order valence-electron chi connectivity index (χ2n) is 6.00. The van der Waals surface area contributed by atoms with E-state index in [1.54, 1.807) is 12.1 Å². The third-order valence-electron chi connectivity index (χ3n) is 4.17. The fraction of sp³-hybridized carbons (Fsp3) is 0.250. The number of hydrogen-bond donors (Lipinski definition) is 0. The highest BCUT2D eigenvalue weighted by molar-refractivity contribution is 6.30. The Bertz CT molecular complexity index is 765. The van der Waals surface area contributed by atoms with Crippen LogP contribution in [0.25, 0.3) is 0 Å². The molecule has 124 valence electrons. The maximum atomic E-state index is 11.6. The second-order valence-corrected chi connectivity index (χ2v) is 6.44. The van der Waals surface area contributed by atoms with Crippen molar-refractivity contribution in [2.24, 2.45) is 5.92 Å². The van der Waals surface area contributed by atoms with Crippen LogP contribution in [0.1, 0.15) is 17.5 Å². The fourth-order valence-corrected chi connectivity index (χ4v) is 3.00. The fourth-order valence-electron chi connectivity index (χ4n) is 2.87. The van der Waals surface area contributed by atoms with Gasteiger partial charge in [0, 0.05) is 22.9 Å². The summed E-state index contributed by atoms with van der Waals surface area (Å²) in [7, 11) is 0. The van der Waals surface area contributed by atoms with E-state index in [0.29, 0.717) is 29.5 Å². The standard InChI is InChI=1S/C20H19ClO3/c1-3-16(22)10-14-11-18-13(2)4-9-19(20(18)23-12-14)24-17-7-5-15(21)6-8-17/h3-9,14H,1,10-12H2,2H3. The van der Waals surface area contributed by atoms with Crippen LogP contribution < -0.4 is 9.47 Å². The largest absolute Gasteiger partial charge is 0.489 e. The van der Waals surface area contributed by atoms with Gasteiger partial charge in [-0.25, -0.2) is 0 Å². The van der Waals surface area contributed by atoms with Crippen LogP contribution in [0.2, 0.25) is 5.02 Å². The Kier molecular flexibility index (Phi) is 4.91. The van der Waals surface area contributed by atoms with Crippen LogP contribution in [0.3, 0.4) is 0 Å². The van der Waals surface area contributed by atoms with Crippen LogP contribution in [0.4, 0.5) is 0 Å². The summed E-state index contributed by atoms with van der Waals surface area (Å²) in [5, 5.41) is 0.666. The van der Waals surface area contributed by atoms with E-state index < -0.39 is 0 Å². The summed E-state index contributed by atoms with van der Waals surface area (Å²) >= 11 is 5.91. The summed E-state index contributed by atoms with van der Waals surface area (Å²) in [6.45, 7) is 6.09. The predicted octanol–water partition coefficient (Wildman–Crippen LogP) is 5.14. The molecule has 2 aromatic rings. The van der Waals surface area contributed by atoms with Gasteiger partial charge in [0.15, 0.2) is 17.3 Å². The average molecular weight is 343 g/mol. The molecule has 0 radical (unpaired) electrons. The topological polar surface area (TPSA) is 35.5 Å². The third kappa shape index (κ3) is 3.62. The quantitative estimate of drug-likeness (QED) is 0.706. The van der Waals surface area contributed by atoms with Crippen LogP contribution >= 0.6 is 11.6 Å². The van der Waals surface area contributed by atoms with E-state index in [0.717, 1.165) is 23.3 Å². The molecule has 4 heteroatoms. The minimum absolute atomic E-state index is 0.0540. The molecule has 1 atom stereocenters. The molecule has 1 unspecified atom stereocenters. The monoisotopic (exact) mass is 342 g/mol. The molecular formula is C20H19ClO3. The van der Waals surface area contributed by atoms with Crippen molar-refractivity contribution in [3.05, 3.63) is 65.2 Å². The Labute approximate surface area is 146 Å². The lowest BCUT2D eigenvalue weighted by molar-refractivity contribution is -0.115. The van der Waals surface area contributed by atoms with Crippen molar-refractivity contribution in [3.8, 4) is 17.2 Å². The zero-order valence-corrected chi connectivity index (χ0v) is 14.3. The Hall–Kier alpha value is -2.26. The highest BCUT2D eigenvalue weighted by Crippen LogP contribution is 2.41. The summed E-state index contributed by atoms with van der Waals surface area (Å²) in [4.78, 5) is 11.6. The maximum Gasteiger partial charge on any atom is 0.169 e. The maximum absolute atomic E-state index is 11.6. The molecule has 3 rings (SSSR count). The van der Waals surface area contributed by atoms with Crippen molar-refractivity contribution >= 4 is 17.4 Å². The number of carbonyl (C=O) groups excluding carboxylic acids is 1. The molecule has 0 N–H and O–H groups in total. The van der Waals surface area contributed by atoms with Crippen molar-refractivity contribution in [1.82, 2.24) is 0 Å². The summed E-state index contributed by atoms with van der Waals surface area (Å²) in [5.74, 6) is 2.39. The van der Waals surface area contributed by atoms with E-state index >= 15 is 0 Å². The number of hydrogen-bond acceptors (Lipinski definition) is 3. The minimum Gasteiger partial charge on any atom is -0.489 e. The second kappa shape index (κ2) is 7.10. The lowest BCUT2D eigenvalue weighted by atomic mass is 9.90. The van der Waals surface area contributed by atoms with Gasteiger partial charge in [0.05, 0.1) is 6.61 Å². The highest BCUT2D eigenvalue weighted by atomic mass is 35.5. The van der Waals surface area contributed by atoms with Gasteiger partial charge in [0.25, 0.3) is 0 Å². The predicted molar refractivity (Wildman–Crippen MR) is 95.2 cm³/mol. The lowest BCUT2D eigenvalue weighted by Gasteiger charge is -2.27. The molecular weight excluding hydrogens is 324 g/mol. The van der Waals surface area contributed by atoms with Gasteiger partial charge in [-0.1, -0.05) is 24.2 Å². The van der Waals surface area contributed by atoms with Crippen LogP contribution in [-0.2, 0) is 11.2 Å². The Morgan fingerprint density at radius 2 is 2.08 bits per heavy atom. The molecule has 0 saturated carbocycles. The number of benzene rings is 2. The van der Waals surface area contributed by atoms with Gasteiger partial charge in [-0.15, -0.1) is 0 Å². The first-order valence-electron chi connectivity index (χ1n) is 7.90. The molecule has 0 aromatic heterocycles. The summed E-state index contributed by atoms with van der Waals surface area (Å²) in [6, 6.07) is 11.2. The van der Waals surface area contributed by atoms with Crippen molar-refractivity contribution in [3.63, 3.8) is 0 Å². The van der Waals surface area contributed by atoms with Gasteiger partial charge in [0.1, 0.15) is 5.75 Å². The summed E-state index contributed by atoms with van der Waals surface area (Å²) < 4.78 is 11.9. The van der Waals surface area contributed by atoms with Gasteiger partial charge in [-0.3, -0.25) is 4.79 Å². The minimum atomic E-state index is 0.0540. The number of aryl methyl sites for hydroxylation is 1. The van der Waals surface area contributed by atoms with Crippen molar-refractivity contribution in [1.29, 1.82) is 0 Å². The molecule has 0 saturated heterocycles. The first-order valence-corrected chi connectivity index (χ1v) is 8.28. The van der Waals surface area contributed by atoms with Gasteiger partial charge in [-0.05, 0) is 55.3 Å². The smallest absolute Gasteiger partial charge is 0.169 e. The van der Waals surface area contributed by atoms with Gasteiger partial charge in [0.2, 0.25) is 0 Å². The van der Waals surface area contributed by atoms with E-state index in [1.807, 2.05) is 31.2 Å². The number of ether oxygens (including phenoxy) is 2. The van der Waals surface area contributed by atoms with E-state index in [9.17, 15) is 4.79 Å². The molecule has 24 heavy (non-hydrogen) atoms. The van der Waals surface area contributed by atoms with E-state index in [-0.39, 0.29) is 11.7 Å². The average Bonchev–Trinajstić information content (AvgIpc) is 2.59. The van der Waals surface area contributed by atoms with Crippen LogP contribution in [-0.4, -0.2) is 12.4 Å². The van der Waals surface area contributed by atoms with Crippen LogP contribution in [0, 0.1) is 12.8 Å². The number of carbonyl (C=O) groups is 1. The number of ketones is 1. The molecule has 1 aliphatic rings. The van der Waals surface area contributed by atoms with Crippen LogP contribution in [0.15, 0.2) is 49.1 Å². The van der Waals surface area contributed by atoms with E-state index in [2.05, 4.69) is 6.58 Å². The van der Waals surface area contributed by atoms with Gasteiger partial charge in [-0.2, -0.15) is 0 Å². The van der Waals surface area contributed by atoms with Crippen molar-refractivity contribution in [2.45, 2.75) is 19.8 Å². The summed E-state index contributed by atoms with van der Waals surface area (Å²) in [5.41, 5.74) is 2.25. The molecule has 0 spiro atoms. The van der Waals surface area contributed by atoms with Gasteiger partial charge >= 0.3 is 0 Å². The molecule has 1 aliphatic heterocycles.